The Hall–Kier alpha value is -2.38. The highest BCUT2D eigenvalue weighted by molar-refractivity contribution is 7.09. The van der Waals surface area contributed by atoms with E-state index < -0.39 is 0 Å². The topological polar surface area (TPSA) is 52.4 Å². The molecule has 7 heteroatoms. The lowest BCUT2D eigenvalue weighted by Crippen LogP contribution is -2.22. The maximum atomic E-state index is 5.75. The number of ether oxygens (including phenoxy) is 2. The van der Waals surface area contributed by atoms with Gasteiger partial charge in [0.15, 0.2) is 11.5 Å². The number of benzene rings is 1. The zero-order chi connectivity index (χ0) is 18.2. The van der Waals surface area contributed by atoms with Crippen LogP contribution in [0.2, 0.25) is 0 Å². The fourth-order valence-electron chi connectivity index (χ4n) is 4.00. The third-order valence-corrected chi connectivity index (χ3v) is 6.07. The number of rotatable bonds is 4. The van der Waals surface area contributed by atoms with Crippen LogP contribution in [0.25, 0.3) is 11.3 Å². The summed E-state index contributed by atoms with van der Waals surface area (Å²) in [4.78, 5) is 7.07. The Labute approximate surface area is 162 Å². The second-order valence-corrected chi connectivity index (χ2v) is 7.96. The van der Waals surface area contributed by atoms with Crippen molar-refractivity contribution in [3.05, 3.63) is 46.5 Å². The summed E-state index contributed by atoms with van der Waals surface area (Å²) in [7, 11) is 1.98. The third-order valence-electron chi connectivity index (χ3n) is 5.19. The SMILES string of the molecule is Cn1cc(CN2CCC[C@@H]2c2nccs2)c(-c2ccc3c(c2)OCCO3)n1. The molecule has 3 aromatic rings. The van der Waals surface area contributed by atoms with E-state index in [1.807, 2.05) is 30.1 Å². The standard InChI is InChI=1S/C20H22N4O2S/c1-23-12-15(13-24-7-2-3-16(24)20-21-6-10-27-20)19(22-23)14-4-5-17-18(11-14)26-9-8-25-17/h4-6,10-12,16H,2-3,7-9,13H2,1H3/t16-/m1/s1. The van der Waals surface area contributed by atoms with Gasteiger partial charge in [0.1, 0.15) is 18.2 Å². The zero-order valence-electron chi connectivity index (χ0n) is 15.3. The first-order chi connectivity index (χ1) is 13.3. The van der Waals surface area contributed by atoms with E-state index in [4.69, 9.17) is 14.6 Å². The Morgan fingerprint density at radius 2 is 2.11 bits per heavy atom. The molecule has 2 aromatic heterocycles. The first-order valence-electron chi connectivity index (χ1n) is 9.34. The molecular weight excluding hydrogens is 360 g/mol. The lowest BCUT2D eigenvalue weighted by molar-refractivity contribution is 0.171. The highest BCUT2D eigenvalue weighted by atomic mass is 32.1. The third kappa shape index (κ3) is 3.21. The van der Waals surface area contributed by atoms with Crippen LogP contribution in [0.4, 0.5) is 0 Å². The smallest absolute Gasteiger partial charge is 0.162 e. The quantitative estimate of drug-likeness (QED) is 0.689. The van der Waals surface area contributed by atoms with E-state index in [9.17, 15) is 0 Å². The largest absolute Gasteiger partial charge is 0.486 e. The second-order valence-electron chi connectivity index (χ2n) is 7.03. The lowest BCUT2D eigenvalue weighted by atomic mass is 10.1. The molecule has 0 radical (unpaired) electrons. The maximum absolute atomic E-state index is 5.75. The number of nitrogens with zero attached hydrogens (tertiary/aromatic N) is 4. The summed E-state index contributed by atoms with van der Waals surface area (Å²) in [6.45, 7) is 3.17. The van der Waals surface area contributed by atoms with Crippen LogP contribution in [0.5, 0.6) is 11.5 Å². The molecular formula is C20H22N4O2S. The van der Waals surface area contributed by atoms with Gasteiger partial charge in [0.25, 0.3) is 0 Å². The average Bonchev–Trinajstić information content (AvgIpc) is 3.42. The summed E-state index contributed by atoms with van der Waals surface area (Å²) < 4.78 is 13.3. The Morgan fingerprint density at radius 3 is 2.96 bits per heavy atom. The lowest BCUT2D eigenvalue weighted by Gasteiger charge is -2.23. The molecule has 0 aliphatic carbocycles. The predicted octanol–water partition coefficient (Wildman–Crippen LogP) is 3.65. The van der Waals surface area contributed by atoms with Crippen LogP contribution >= 0.6 is 11.3 Å². The van der Waals surface area contributed by atoms with Crippen LogP contribution in [-0.4, -0.2) is 39.4 Å². The van der Waals surface area contributed by atoms with E-state index in [-0.39, 0.29) is 0 Å². The Kier molecular flexibility index (Phi) is 4.33. The molecule has 0 saturated carbocycles. The van der Waals surface area contributed by atoms with Gasteiger partial charge in [0, 0.05) is 42.5 Å². The van der Waals surface area contributed by atoms with Crippen LogP contribution in [0.3, 0.4) is 0 Å². The van der Waals surface area contributed by atoms with Gasteiger partial charge >= 0.3 is 0 Å². The van der Waals surface area contributed by atoms with Crippen molar-refractivity contribution in [3.8, 4) is 22.8 Å². The first kappa shape index (κ1) is 16.8. The van der Waals surface area contributed by atoms with Crippen LogP contribution in [0.15, 0.2) is 36.0 Å². The Bertz CT molecular complexity index is 938. The summed E-state index contributed by atoms with van der Waals surface area (Å²) in [6, 6.07) is 6.51. The molecule has 0 spiro atoms. The van der Waals surface area contributed by atoms with Gasteiger partial charge in [0.05, 0.1) is 11.7 Å². The van der Waals surface area contributed by atoms with Crippen LogP contribution in [-0.2, 0) is 13.6 Å². The number of aryl methyl sites for hydroxylation is 1. The fourth-order valence-corrected chi connectivity index (χ4v) is 4.81. The molecule has 4 heterocycles. The van der Waals surface area contributed by atoms with Gasteiger partial charge in [-0.15, -0.1) is 11.3 Å². The van der Waals surface area contributed by atoms with E-state index in [1.54, 1.807) is 11.3 Å². The summed E-state index contributed by atoms with van der Waals surface area (Å²) >= 11 is 1.75. The number of fused-ring (bicyclic) bond motifs is 1. The Balaban J connectivity index is 1.44. The van der Waals surface area contributed by atoms with E-state index in [0.717, 1.165) is 35.8 Å². The van der Waals surface area contributed by atoms with Crippen molar-refractivity contribution >= 4 is 11.3 Å². The van der Waals surface area contributed by atoms with E-state index in [0.29, 0.717) is 19.3 Å². The normalized spacial score (nSPS) is 19.5. The van der Waals surface area contributed by atoms with E-state index in [2.05, 4.69) is 27.5 Å². The minimum absolute atomic E-state index is 0.415. The molecule has 140 valence electrons. The van der Waals surface area contributed by atoms with Gasteiger partial charge in [-0.25, -0.2) is 4.98 Å². The highest BCUT2D eigenvalue weighted by Crippen LogP contribution is 2.38. The zero-order valence-corrected chi connectivity index (χ0v) is 16.1. The van der Waals surface area contributed by atoms with Crippen molar-refractivity contribution in [3.63, 3.8) is 0 Å². The first-order valence-corrected chi connectivity index (χ1v) is 10.2. The van der Waals surface area contributed by atoms with E-state index in [1.165, 1.54) is 23.4 Å². The Morgan fingerprint density at radius 1 is 1.22 bits per heavy atom. The van der Waals surface area contributed by atoms with Crippen molar-refractivity contribution in [2.24, 2.45) is 7.05 Å². The maximum Gasteiger partial charge on any atom is 0.162 e. The monoisotopic (exact) mass is 382 g/mol. The van der Waals surface area contributed by atoms with Gasteiger partial charge in [-0.2, -0.15) is 5.10 Å². The van der Waals surface area contributed by atoms with E-state index >= 15 is 0 Å². The molecule has 2 aliphatic heterocycles. The molecule has 1 atom stereocenters. The number of hydrogen-bond donors (Lipinski definition) is 0. The molecule has 27 heavy (non-hydrogen) atoms. The van der Waals surface area contributed by atoms with Gasteiger partial charge in [0.2, 0.25) is 0 Å². The summed E-state index contributed by atoms with van der Waals surface area (Å²) in [6.07, 6.45) is 6.42. The molecule has 0 unspecified atom stereocenters. The highest BCUT2D eigenvalue weighted by Gasteiger charge is 2.29. The van der Waals surface area contributed by atoms with Crippen LogP contribution in [0.1, 0.15) is 29.5 Å². The van der Waals surface area contributed by atoms with Crippen LogP contribution < -0.4 is 9.47 Å². The van der Waals surface area contributed by atoms with Gasteiger partial charge in [-0.05, 0) is 37.6 Å². The predicted molar refractivity (Wildman–Crippen MR) is 104 cm³/mol. The molecule has 0 bridgehead atoms. The second kappa shape index (κ2) is 6.98. The minimum Gasteiger partial charge on any atom is -0.486 e. The molecule has 2 aliphatic rings. The molecule has 1 fully saturated rings. The summed E-state index contributed by atoms with van der Waals surface area (Å²) in [5.41, 5.74) is 3.32. The number of likely N-dealkylation sites (tertiary alicyclic amines) is 1. The summed E-state index contributed by atoms with van der Waals surface area (Å²) in [5, 5.41) is 8.03. The molecule has 1 saturated heterocycles. The number of aromatic nitrogens is 3. The van der Waals surface area contributed by atoms with Crippen molar-refractivity contribution in [1.29, 1.82) is 0 Å². The van der Waals surface area contributed by atoms with Gasteiger partial charge in [-0.1, -0.05) is 0 Å². The minimum atomic E-state index is 0.415. The summed E-state index contributed by atoms with van der Waals surface area (Å²) in [5.74, 6) is 1.61. The fraction of sp³-hybridized carbons (Fsp3) is 0.400. The van der Waals surface area contributed by atoms with Gasteiger partial charge in [-0.3, -0.25) is 9.58 Å². The van der Waals surface area contributed by atoms with Crippen molar-refractivity contribution < 1.29 is 9.47 Å². The van der Waals surface area contributed by atoms with Crippen molar-refractivity contribution in [2.45, 2.75) is 25.4 Å². The number of thiazole rings is 1. The molecule has 1 aromatic carbocycles. The average molecular weight is 382 g/mol. The number of hydrogen-bond acceptors (Lipinski definition) is 6. The van der Waals surface area contributed by atoms with Crippen LogP contribution in [0, 0.1) is 0 Å². The molecule has 6 nitrogen and oxygen atoms in total. The molecule has 0 N–H and O–H groups in total. The van der Waals surface area contributed by atoms with Crippen molar-refractivity contribution in [1.82, 2.24) is 19.7 Å². The van der Waals surface area contributed by atoms with Gasteiger partial charge < -0.3 is 9.47 Å². The molecule has 5 rings (SSSR count). The molecule has 0 amide bonds. The van der Waals surface area contributed by atoms with Crippen molar-refractivity contribution in [2.75, 3.05) is 19.8 Å².